The Hall–Kier alpha value is -4.58. The first-order valence-corrected chi connectivity index (χ1v) is 10.4. The molecule has 0 aliphatic carbocycles. The number of carbonyl (C=O) groups excluding carboxylic acids is 1. The molecule has 2 heterocycles. The van der Waals surface area contributed by atoms with E-state index in [9.17, 15) is 9.90 Å². The Bertz CT molecular complexity index is 1450. The van der Waals surface area contributed by atoms with E-state index >= 15 is 0 Å². The van der Waals surface area contributed by atoms with Gasteiger partial charge in [0, 0.05) is 17.1 Å². The standard InChI is InChI=1S/C27H20N2O4/c1-32-21-12-14-24(31)22(16-21)23(30)13-11-19-17-29(20-8-3-2-4-9-20)28-27(19)26-15-18-7-5-6-10-25(18)33-26/h2-17,31H,1H3/b13-11+. The molecule has 33 heavy (non-hydrogen) atoms. The molecule has 5 rings (SSSR count). The number of carbonyl (C=O) groups is 1. The van der Waals surface area contributed by atoms with Gasteiger partial charge in [0.1, 0.15) is 22.8 Å². The minimum Gasteiger partial charge on any atom is -0.507 e. The maximum Gasteiger partial charge on any atom is 0.189 e. The topological polar surface area (TPSA) is 77.5 Å². The zero-order valence-electron chi connectivity index (χ0n) is 17.8. The number of hydrogen-bond donors (Lipinski definition) is 1. The number of nitrogens with zero attached hydrogens (tertiary/aromatic N) is 2. The molecular formula is C27H20N2O4. The van der Waals surface area contributed by atoms with Crippen molar-refractivity contribution in [2.75, 3.05) is 7.11 Å². The number of hydrogen-bond acceptors (Lipinski definition) is 5. The van der Waals surface area contributed by atoms with Crippen LogP contribution in [0.1, 0.15) is 15.9 Å². The van der Waals surface area contributed by atoms with Gasteiger partial charge in [-0.3, -0.25) is 4.79 Å². The summed E-state index contributed by atoms with van der Waals surface area (Å²) in [7, 11) is 1.51. The monoisotopic (exact) mass is 436 g/mol. The Kier molecular flexibility index (Phi) is 5.24. The third-order valence-electron chi connectivity index (χ3n) is 5.31. The average molecular weight is 436 g/mol. The predicted octanol–water partition coefficient (Wildman–Crippen LogP) is 5.90. The number of furan rings is 1. The van der Waals surface area contributed by atoms with Crippen LogP contribution in [-0.2, 0) is 0 Å². The number of methoxy groups -OCH3 is 1. The molecule has 0 bridgehead atoms. The summed E-state index contributed by atoms with van der Waals surface area (Å²) in [6, 6.07) is 23.9. The fourth-order valence-corrected chi connectivity index (χ4v) is 3.61. The number of fused-ring (bicyclic) bond motifs is 1. The Morgan fingerprint density at radius 2 is 1.82 bits per heavy atom. The molecular weight excluding hydrogens is 416 g/mol. The molecule has 0 atom stereocenters. The molecule has 0 fully saturated rings. The third kappa shape index (κ3) is 4.02. The highest BCUT2D eigenvalue weighted by molar-refractivity contribution is 6.09. The molecule has 1 N–H and O–H groups in total. The molecule has 0 saturated heterocycles. The quantitative estimate of drug-likeness (QED) is 0.265. The number of ketones is 1. The maximum atomic E-state index is 12.8. The molecule has 162 valence electrons. The van der Waals surface area contributed by atoms with E-state index in [4.69, 9.17) is 14.3 Å². The summed E-state index contributed by atoms with van der Waals surface area (Å²) in [5.41, 5.74) is 3.11. The van der Waals surface area contributed by atoms with Gasteiger partial charge in [0.2, 0.25) is 0 Å². The van der Waals surface area contributed by atoms with Gasteiger partial charge in [-0.2, -0.15) is 5.10 Å². The highest BCUT2D eigenvalue weighted by Gasteiger charge is 2.16. The van der Waals surface area contributed by atoms with Crippen LogP contribution in [0.2, 0.25) is 0 Å². The first-order chi connectivity index (χ1) is 16.1. The van der Waals surface area contributed by atoms with Crippen molar-refractivity contribution in [3.8, 4) is 28.6 Å². The molecule has 5 aromatic rings. The number of ether oxygens (including phenoxy) is 1. The number of aromatic hydroxyl groups is 1. The van der Waals surface area contributed by atoms with Crippen LogP contribution in [0.15, 0.2) is 95.6 Å². The van der Waals surface area contributed by atoms with Crippen molar-refractivity contribution in [1.82, 2.24) is 9.78 Å². The van der Waals surface area contributed by atoms with Crippen LogP contribution in [0.5, 0.6) is 11.5 Å². The minimum absolute atomic E-state index is 0.108. The number of para-hydroxylation sites is 2. The second kappa shape index (κ2) is 8.51. The van der Waals surface area contributed by atoms with Crippen LogP contribution in [0, 0.1) is 0 Å². The lowest BCUT2D eigenvalue weighted by atomic mass is 10.1. The van der Waals surface area contributed by atoms with Gasteiger partial charge in [-0.1, -0.05) is 36.4 Å². The van der Waals surface area contributed by atoms with Crippen LogP contribution < -0.4 is 4.74 Å². The van der Waals surface area contributed by atoms with E-state index in [1.807, 2.05) is 66.9 Å². The van der Waals surface area contributed by atoms with Crippen LogP contribution in [-0.4, -0.2) is 27.8 Å². The lowest BCUT2D eigenvalue weighted by Crippen LogP contribution is -1.96. The van der Waals surface area contributed by atoms with Crippen LogP contribution in [0.4, 0.5) is 0 Å². The Labute approximate surface area is 190 Å². The number of aromatic nitrogens is 2. The maximum absolute atomic E-state index is 12.8. The second-order valence-electron chi connectivity index (χ2n) is 7.44. The SMILES string of the molecule is COc1ccc(O)c(C(=O)/C=C/c2cn(-c3ccccc3)nc2-c2cc3ccccc3o2)c1. The molecule has 6 heteroatoms. The summed E-state index contributed by atoms with van der Waals surface area (Å²) in [6.07, 6.45) is 4.93. The second-order valence-corrected chi connectivity index (χ2v) is 7.44. The van der Waals surface area contributed by atoms with E-state index in [0.717, 1.165) is 16.7 Å². The van der Waals surface area contributed by atoms with E-state index < -0.39 is 0 Å². The van der Waals surface area contributed by atoms with Gasteiger partial charge in [-0.05, 0) is 54.6 Å². The van der Waals surface area contributed by atoms with Crippen molar-refractivity contribution in [2.24, 2.45) is 0 Å². The van der Waals surface area contributed by atoms with E-state index in [0.29, 0.717) is 22.8 Å². The summed E-state index contributed by atoms with van der Waals surface area (Å²) in [5, 5.41) is 15.8. The molecule has 0 unspecified atom stereocenters. The Morgan fingerprint density at radius 3 is 2.61 bits per heavy atom. The van der Waals surface area contributed by atoms with Gasteiger partial charge in [-0.15, -0.1) is 0 Å². The molecule has 3 aromatic carbocycles. The lowest BCUT2D eigenvalue weighted by Gasteiger charge is -2.04. The molecule has 2 aromatic heterocycles. The van der Waals surface area contributed by atoms with Crippen LogP contribution in [0.3, 0.4) is 0 Å². The van der Waals surface area contributed by atoms with Gasteiger partial charge in [0.15, 0.2) is 11.5 Å². The largest absolute Gasteiger partial charge is 0.507 e. The number of benzene rings is 3. The fraction of sp³-hybridized carbons (Fsp3) is 0.0370. The minimum atomic E-state index is -0.352. The first kappa shape index (κ1) is 20.3. The molecule has 0 spiro atoms. The summed E-state index contributed by atoms with van der Waals surface area (Å²) in [4.78, 5) is 12.8. The average Bonchev–Trinajstić information content (AvgIpc) is 3.47. The van der Waals surface area contributed by atoms with Gasteiger partial charge in [0.05, 0.1) is 18.4 Å². The zero-order chi connectivity index (χ0) is 22.8. The number of phenolic OH excluding ortho intramolecular Hbond substituents is 1. The summed E-state index contributed by atoms with van der Waals surface area (Å²) < 4.78 is 12.9. The van der Waals surface area contributed by atoms with Crippen molar-refractivity contribution in [1.29, 1.82) is 0 Å². The van der Waals surface area contributed by atoms with E-state index in [1.54, 1.807) is 16.8 Å². The van der Waals surface area contributed by atoms with Crippen molar-refractivity contribution in [2.45, 2.75) is 0 Å². The number of allylic oxidation sites excluding steroid dienone is 1. The van der Waals surface area contributed by atoms with Crippen LogP contribution >= 0.6 is 0 Å². The summed E-state index contributed by atoms with van der Waals surface area (Å²) in [5.74, 6) is 0.629. The molecule has 0 saturated carbocycles. The summed E-state index contributed by atoms with van der Waals surface area (Å²) in [6.45, 7) is 0. The van der Waals surface area contributed by atoms with Crippen molar-refractivity contribution in [3.63, 3.8) is 0 Å². The third-order valence-corrected chi connectivity index (χ3v) is 5.31. The van der Waals surface area contributed by atoms with Gasteiger partial charge >= 0.3 is 0 Å². The highest BCUT2D eigenvalue weighted by Crippen LogP contribution is 2.31. The van der Waals surface area contributed by atoms with Crippen molar-refractivity contribution >= 4 is 22.8 Å². The van der Waals surface area contributed by atoms with E-state index in [-0.39, 0.29) is 17.1 Å². The molecule has 6 nitrogen and oxygen atoms in total. The van der Waals surface area contributed by atoms with Gasteiger partial charge in [0.25, 0.3) is 0 Å². The Morgan fingerprint density at radius 1 is 1.03 bits per heavy atom. The molecule has 0 aliphatic rings. The number of rotatable bonds is 6. The smallest absolute Gasteiger partial charge is 0.189 e. The highest BCUT2D eigenvalue weighted by atomic mass is 16.5. The normalized spacial score (nSPS) is 11.3. The lowest BCUT2D eigenvalue weighted by molar-refractivity contribution is 0.104. The molecule has 0 aliphatic heterocycles. The fourth-order valence-electron chi connectivity index (χ4n) is 3.61. The van der Waals surface area contributed by atoms with Crippen molar-refractivity contribution < 1.29 is 19.1 Å². The van der Waals surface area contributed by atoms with E-state index in [1.165, 1.54) is 25.3 Å². The van der Waals surface area contributed by atoms with Gasteiger partial charge in [-0.25, -0.2) is 4.68 Å². The first-order valence-electron chi connectivity index (χ1n) is 10.4. The summed E-state index contributed by atoms with van der Waals surface area (Å²) >= 11 is 0. The molecule has 0 radical (unpaired) electrons. The Balaban J connectivity index is 1.57. The van der Waals surface area contributed by atoms with E-state index in [2.05, 4.69) is 0 Å². The van der Waals surface area contributed by atoms with Crippen molar-refractivity contribution in [3.05, 3.63) is 102 Å². The van der Waals surface area contributed by atoms with Gasteiger partial charge < -0.3 is 14.3 Å². The molecule has 0 amide bonds. The van der Waals surface area contributed by atoms with Crippen LogP contribution in [0.25, 0.3) is 34.2 Å². The number of phenols is 1. The zero-order valence-corrected chi connectivity index (χ0v) is 17.8. The predicted molar refractivity (Wildman–Crippen MR) is 127 cm³/mol.